The number of rotatable bonds is 3. The maximum Gasteiger partial charge on any atom is 0.230 e. The fraction of sp³-hybridized carbons (Fsp3) is 0.846. The van der Waals surface area contributed by atoms with E-state index in [-0.39, 0.29) is 0 Å². The topological polar surface area (TPSA) is 68.2 Å². The summed E-state index contributed by atoms with van der Waals surface area (Å²) < 4.78 is 5.53. The normalized spacial score (nSPS) is 32.8. The quantitative estimate of drug-likeness (QED) is 0.909. The number of nitrogens with zero attached hydrogens (tertiary/aromatic N) is 3. The Morgan fingerprint density at radius 1 is 1.47 bits per heavy atom. The smallest absolute Gasteiger partial charge is 0.230 e. The van der Waals surface area contributed by atoms with Crippen LogP contribution in [0.25, 0.3) is 0 Å². The van der Waals surface area contributed by atoms with Gasteiger partial charge in [-0.15, -0.1) is 0 Å². The van der Waals surface area contributed by atoms with E-state index >= 15 is 0 Å². The summed E-state index contributed by atoms with van der Waals surface area (Å²) in [6.45, 7) is 1.82. The minimum absolute atomic E-state index is 0.300. The predicted octanol–water partition coefficient (Wildman–Crippen LogP) is 1.63. The highest BCUT2D eigenvalue weighted by Crippen LogP contribution is 2.38. The van der Waals surface area contributed by atoms with Gasteiger partial charge in [0.1, 0.15) is 0 Å². The zero-order valence-electron chi connectivity index (χ0n) is 11.4. The van der Waals surface area contributed by atoms with Crippen LogP contribution in [0.2, 0.25) is 0 Å². The molecule has 2 N–H and O–H groups in total. The lowest BCUT2D eigenvalue weighted by Gasteiger charge is -2.29. The Balaban J connectivity index is 1.75. The van der Waals surface area contributed by atoms with Gasteiger partial charge in [-0.25, -0.2) is 0 Å². The molecule has 0 radical (unpaired) electrons. The SMILES string of the molecule is CN1CCSCC1c1noc(C2CCCC2CN)n1. The molecule has 1 aromatic rings. The molecule has 0 spiro atoms. The zero-order valence-corrected chi connectivity index (χ0v) is 12.2. The van der Waals surface area contributed by atoms with E-state index in [1.54, 1.807) is 0 Å². The molecule has 106 valence electrons. The molecule has 1 saturated carbocycles. The number of aromatic nitrogens is 2. The first-order valence-electron chi connectivity index (χ1n) is 7.11. The maximum absolute atomic E-state index is 5.83. The Kier molecular flexibility index (Phi) is 4.10. The van der Waals surface area contributed by atoms with Gasteiger partial charge in [0, 0.05) is 24.0 Å². The summed E-state index contributed by atoms with van der Waals surface area (Å²) in [5, 5.41) is 4.22. The van der Waals surface area contributed by atoms with Crippen molar-refractivity contribution >= 4 is 11.8 Å². The molecule has 3 unspecified atom stereocenters. The van der Waals surface area contributed by atoms with Crippen LogP contribution >= 0.6 is 11.8 Å². The summed E-state index contributed by atoms with van der Waals surface area (Å²) in [5.74, 6) is 4.81. The molecule has 19 heavy (non-hydrogen) atoms. The Labute approximate surface area is 118 Å². The highest BCUT2D eigenvalue weighted by Gasteiger charge is 2.33. The maximum atomic E-state index is 5.83. The van der Waals surface area contributed by atoms with Gasteiger partial charge in [-0.05, 0) is 32.4 Å². The summed E-state index contributed by atoms with van der Waals surface area (Å²) in [7, 11) is 2.14. The van der Waals surface area contributed by atoms with E-state index < -0.39 is 0 Å². The van der Waals surface area contributed by atoms with Crippen molar-refractivity contribution in [2.45, 2.75) is 31.2 Å². The predicted molar refractivity (Wildman–Crippen MR) is 76.1 cm³/mol. The first-order chi connectivity index (χ1) is 9.29. The number of nitrogens with two attached hydrogens (primary N) is 1. The Morgan fingerprint density at radius 2 is 2.37 bits per heavy atom. The average molecular weight is 282 g/mol. The third-order valence-corrected chi connectivity index (χ3v) is 5.45. The van der Waals surface area contributed by atoms with Crippen molar-refractivity contribution in [1.29, 1.82) is 0 Å². The van der Waals surface area contributed by atoms with Gasteiger partial charge in [-0.1, -0.05) is 11.6 Å². The van der Waals surface area contributed by atoms with Crippen LogP contribution in [0.3, 0.4) is 0 Å². The van der Waals surface area contributed by atoms with Gasteiger partial charge < -0.3 is 10.3 Å². The minimum Gasteiger partial charge on any atom is -0.339 e. The molecule has 0 amide bonds. The zero-order chi connectivity index (χ0) is 13.2. The van der Waals surface area contributed by atoms with Crippen molar-refractivity contribution in [2.24, 2.45) is 11.7 Å². The highest BCUT2D eigenvalue weighted by molar-refractivity contribution is 7.99. The number of hydrogen-bond donors (Lipinski definition) is 1. The van der Waals surface area contributed by atoms with Crippen LogP contribution in [0.5, 0.6) is 0 Å². The fourth-order valence-corrected chi connectivity index (χ4v) is 4.35. The van der Waals surface area contributed by atoms with Crippen LogP contribution in [-0.4, -0.2) is 46.7 Å². The van der Waals surface area contributed by atoms with Crippen molar-refractivity contribution in [2.75, 3.05) is 31.6 Å². The molecule has 5 nitrogen and oxygen atoms in total. The standard InChI is InChI=1S/C13H22N4OS/c1-17-5-6-19-8-11(17)12-15-13(18-16-12)10-4-2-3-9(10)7-14/h9-11H,2-8,14H2,1H3. The third-order valence-electron chi connectivity index (χ3n) is 4.43. The lowest BCUT2D eigenvalue weighted by molar-refractivity contribution is 0.255. The van der Waals surface area contributed by atoms with Gasteiger partial charge in [0.05, 0.1) is 6.04 Å². The van der Waals surface area contributed by atoms with Crippen LogP contribution in [-0.2, 0) is 0 Å². The van der Waals surface area contributed by atoms with Gasteiger partial charge >= 0.3 is 0 Å². The highest BCUT2D eigenvalue weighted by atomic mass is 32.2. The van der Waals surface area contributed by atoms with Crippen LogP contribution in [0.4, 0.5) is 0 Å². The number of hydrogen-bond acceptors (Lipinski definition) is 6. The van der Waals surface area contributed by atoms with Gasteiger partial charge in [-0.2, -0.15) is 16.7 Å². The van der Waals surface area contributed by atoms with Gasteiger partial charge in [0.25, 0.3) is 0 Å². The van der Waals surface area contributed by atoms with Crippen LogP contribution in [0.1, 0.15) is 42.9 Å². The summed E-state index contributed by atoms with van der Waals surface area (Å²) in [6.07, 6.45) is 3.56. The molecule has 1 aliphatic carbocycles. The lowest BCUT2D eigenvalue weighted by atomic mass is 9.96. The molecule has 1 aliphatic heterocycles. The minimum atomic E-state index is 0.300. The first-order valence-corrected chi connectivity index (χ1v) is 8.26. The van der Waals surface area contributed by atoms with Crippen LogP contribution < -0.4 is 5.73 Å². The molecule has 1 saturated heterocycles. The summed E-state index contributed by atoms with van der Waals surface area (Å²) in [5.41, 5.74) is 5.83. The average Bonchev–Trinajstić information content (AvgIpc) is 3.07. The van der Waals surface area contributed by atoms with Crippen molar-refractivity contribution in [3.8, 4) is 0 Å². The monoisotopic (exact) mass is 282 g/mol. The Hall–Kier alpha value is -0.590. The second kappa shape index (κ2) is 5.81. The summed E-state index contributed by atoms with van der Waals surface area (Å²) >= 11 is 1.96. The second-order valence-electron chi connectivity index (χ2n) is 5.60. The molecular formula is C13H22N4OS. The summed E-state index contributed by atoms with van der Waals surface area (Å²) in [4.78, 5) is 7.00. The number of thioether (sulfide) groups is 1. The summed E-state index contributed by atoms with van der Waals surface area (Å²) in [6, 6.07) is 0.300. The van der Waals surface area contributed by atoms with Gasteiger partial charge in [-0.3, -0.25) is 4.90 Å². The molecule has 6 heteroatoms. The fourth-order valence-electron chi connectivity index (χ4n) is 3.14. The molecule has 2 fully saturated rings. The van der Waals surface area contributed by atoms with Crippen LogP contribution in [0.15, 0.2) is 4.52 Å². The van der Waals surface area contributed by atoms with E-state index in [2.05, 4.69) is 22.1 Å². The molecule has 3 rings (SSSR count). The molecular weight excluding hydrogens is 260 g/mol. The molecule has 0 aromatic carbocycles. The third kappa shape index (κ3) is 2.66. The van der Waals surface area contributed by atoms with E-state index in [1.165, 1.54) is 18.6 Å². The van der Waals surface area contributed by atoms with Crippen molar-refractivity contribution in [3.63, 3.8) is 0 Å². The largest absolute Gasteiger partial charge is 0.339 e. The van der Waals surface area contributed by atoms with E-state index in [9.17, 15) is 0 Å². The lowest BCUT2D eigenvalue weighted by Crippen LogP contribution is -2.33. The van der Waals surface area contributed by atoms with Crippen molar-refractivity contribution in [3.05, 3.63) is 11.7 Å². The van der Waals surface area contributed by atoms with Crippen LogP contribution in [0, 0.1) is 5.92 Å². The molecule has 2 heterocycles. The first kappa shape index (κ1) is 13.4. The van der Waals surface area contributed by atoms with Gasteiger partial charge in [0.15, 0.2) is 5.82 Å². The van der Waals surface area contributed by atoms with Crippen molar-refractivity contribution < 1.29 is 4.52 Å². The van der Waals surface area contributed by atoms with E-state index in [1.807, 2.05) is 11.8 Å². The van der Waals surface area contributed by atoms with E-state index in [0.29, 0.717) is 17.9 Å². The molecule has 2 aliphatic rings. The molecule has 1 aromatic heterocycles. The van der Waals surface area contributed by atoms with Crippen molar-refractivity contribution in [1.82, 2.24) is 15.0 Å². The van der Waals surface area contributed by atoms with Gasteiger partial charge in [0.2, 0.25) is 5.89 Å². The molecule has 3 atom stereocenters. The Morgan fingerprint density at radius 3 is 3.16 bits per heavy atom. The Bertz CT molecular complexity index is 408. The van der Waals surface area contributed by atoms with E-state index in [0.717, 1.165) is 37.0 Å². The van der Waals surface area contributed by atoms with E-state index in [4.69, 9.17) is 10.3 Å². The molecule has 0 bridgehead atoms. The second-order valence-corrected chi connectivity index (χ2v) is 6.75.